The second kappa shape index (κ2) is 11.0. The first-order valence-electron chi connectivity index (χ1n) is 15.8. The normalized spacial score (nSPS) is 25.6. The quantitative estimate of drug-likeness (QED) is 0.223. The first-order chi connectivity index (χ1) is 22.7. The Morgan fingerprint density at radius 3 is 2.66 bits per heavy atom. The topological polar surface area (TPSA) is 94.9 Å². The second-order valence-electron chi connectivity index (χ2n) is 13.1. The van der Waals surface area contributed by atoms with Crippen LogP contribution in [0.1, 0.15) is 32.1 Å². The number of carbonyl (C=O) groups is 1. The number of alkyl halides is 1. The van der Waals surface area contributed by atoms with Crippen molar-refractivity contribution in [2.45, 2.75) is 55.9 Å². The van der Waals surface area contributed by atoms with E-state index in [0.717, 1.165) is 44.4 Å². The summed E-state index contributed by atoms with van der Waals surface area (Å²) in [7, 11) is 0. The van der Waals surface area contributed by atoms with Crippen LogP contribution in [0.25, 0.3) is 32.9 Å². The summed E-state index contributed by atoms with van der Waals surface area (Å²) >= 11 is 0. The van der Waals surface area contributed by atoms with Gasteiger partial charge in [-0.1, -0.05) is 12.6 Å². The van der Waals surface area contributed by atoms with Gasteiger partial charge in [-0.2, -0.15) is 9.97 Å². The number of phenols is 1. The Bertz CT molecular complexity index is 1950. The van der Waals surface area contributed by atoms with Gasteiger partial charge in [0.2, 0.25) is 5.91 Å². The van der Waals surface area contributed by atoms with E-state index in [4.69, 9.17) is 9.72 Å². The van der Waals surface area contributed by atoms with E-state index in [1.807, 2.05) is 9.80 Å². The number of rotatable bonds is 6. The summed E-state index contributed by atoms with van der Waals surface area (Å²) in [5.74, 6) is -3.32. The van der Waals surface area contributed by atoms with E-state index in [0.29, 0.717) is 31.9 Å². The van der Waals surface area contributed by atoms with Gasteiger partial charge in [0.15, 0.2) is 17.5 Å². The lowest BCUT2D eigenvalue weighted by molar-refractivity contribution is -0.129. The number of phenolic OH excluding ortho intramolecular Hbond substituents is 1. The Morgan fingerprint density at radius 1 is 1.11 bits per heavy atom. The van der Waals surface area contributed by atoms with Crippen LogP contribution in [-0.2, 0) is 4.79 Å². The SMILES string of the molecule is C=CC(=O)N1[C@@H]2CC[C@H]1CN(c1nc(OC[C@@]34CCCN3C[C@H](F)C4)nc3c(F)c(-c4cc(O)cc5ccc(F)c(F)c45)ncc13)C2. The van der Waals surface area contributed by atoms with Crippen LogP contribution in [-0.4, -0.2) is 92.3 Å². The van der Waals surface area contributed by atoms with Gasteiger partial charge in [0.1, 0.15) is 35.6 Å². The van der Waals surface area contributed by atoms with Gasteiger partial charge in [-0.15, -0.1) is 0 Å². The van der Waals surface area contributed by atoms with E-state index in [2.05, 4.69) is 21.4 Å². The third-order valence-corrected chi connectivity index (χ3v) is 10.3. The number of aromatic nitrogens is 3. The highest BCUT2D eigenvalue weighted by atomic mass is 19.2. The summed E-state index contributed by atoms with van der Waals surface area (Å²) in [6.45, 7) is 5.71. The number of halogens is 4. The number of aromatic hydroxyl groups is 1. The lowest BCUT2D eigenvalue weighted by Gasteiger charge is -2.41. The van der Waals surface area contributed by atoms with E-state index >= 15 is 8.78 Å². The summed E-state index contributed by atoms with van der Waals surface area (Å²) in [5, 5.41) is 10.6. The van der Waals surface area contributed by atoms with E-state index < -0.39 is 29.2 Å². The number of anilines is 1. The zero-order chi connectivity index (χ0) is 32.6. The molecule has 4 aliphatic rings. The summed E-state index contributed by atoms with van der Waals surface area (Å²) < 4.78 is 66.9. The molecule has 4 atom stereocenters. The predicted octanol–water partition coefficient (Wildman–Crippen LogP) is 5.29. The predicted molar refractivity (Wildman–Crippen MR) is 166 cm³/mol. The van der Waals surface area contributed by atoms with Gasteiger partial charge in [-0.3, -0.25) is 14.7 Å². The van der Waals surface area contributed by atoms with Gasteiger partial charge >= 0.3 is 6.01 Å². The van der Waals surface area contributed by atoms with Crippen LogP contribution >= 0.6 is 0 Å². The number of ether oxygens (including phenoxy) is 1. The van der Waals surface area contributed by atoms with Crippen LogP contribution in [0.5, 0.6) is 11.8 Å². The van der Waals surface area contributed by atoms with Crippen molar-refractivity contribution in [3.8, 4) is 23.0 Å². The van der Waals surface area contributed by atoms with Gasteiger partial charge in [-0.05, 0) is 61.9 Å². The van der Waals surface area contributed by atoms with E-state index in [1.54, 1.807) is 0 Å². The van der Waals surface area contributed by atoms with E-state index in [1.165, 1.54) is 24.4 Å². The van der Waals surface area contributed by atoms with Crippen LogP contribution in [0.3, 0.4) is 0 Å². The van der Waals surface area contributed by atoms with Gasteiger partial charge in [0.25, 0.3) is 0 Å². The first-order valence-corrected chi connectivity index (χ1v) is 15.8. The van der Waals surface area contributed by atoms with Crippen LogP contribution in [0.4, 0.5) is 23.4 Å². The summed E-state index contributed by atoms with van der Waals surface area (Å²) in [6.07, 6.45) is 5.30. The third-order valence-electron chi connectivity index (χ3n) is 10.3. The van der Waals surface area contributed by atoms with Crippen LogP contribution in [0.15, 0.2) is 43.1 Å². The molecule has 2 aromatic heterocycles. The molecule has 6 heterocycles. The molecule has 8 rings (SSSR count). The number of pyridine rings is 1. The number of nitrogens with zero attached hydrogens (tertiary/aromatic N) is 6. The maximum atomic E-state index is 16.7. The Kier molecular flexibility index (Phi) is 7.01. The van der Waals surface area contributed by atoms with E-state index in [9.17, 15) is 18.7 Å². The monoisotopic (exact) mass is 648 g/mol. The zero-order valence-corrected chi connectivity index (χ0v) is 25.4. The van der Waals surface area contributed by atoms with Crippen molar-refractivity contribution in [2.24, 2.45) is 0 Å². The molecule has 0 spiro atoms. The molecule has 4 aromatic rings. The summed E-state index contributed by atoms with van der Waals surface area (Å²) in [6, 6.07) is 4.31. The summed E-state index contributed by atoms with van der Waals surface area (Å²) in [4.78, 5) is 32.1. The molecule has 0 radical (unpaired) electrons. The first kappa shape index (κ1) is 29.9. The highest BCUT2D eigenvalue weighted by Gasteiger charge is 2.49. The standard InChI is InChI=1S/C34H32F4N6O3/c1-2-26(46)44-20-5-6-21(44)16-42(15-20)32-24-13-39-30(23-11-22(45)10-18-4-7-25(36)28(37)27(18)23)29(38)31(24)40-33(41-32)47-17-34-8-3-9-43(34)14-19(35)12-34/h2,4,7,10-11,13,19-21,45H,1,3,5-6,8-9,12,14-17H2/t19-,20-,21+,34+/m1/s1. The van der Waals surface area contributed by atoms with Gasteiger partial charge in [-0.25, -0.2) is 17.6 Å². The van der Waals surface area contributed by atoms with Crippen molar-refractivity contribution < 1.29 is 32.2 Å². The molecule has 4 aliphatic heterocycles. The fourth-order valence-corrected chi connectivity index (χ4v) is 8.27. The Balaban J connectivity index is 1.25. The highest BCUT2D eigenvalue weighted by molar-refractivity contribution is 6.00. The average molecular weight is 649 g/mol. The number of fused-ring (bicyclic) bond motifs is 5. The van der Waals surface area contributed by atoms with Crippen molar-refractivity contribution in [1.82, 2.24) is 24.8 Å². The lowest BCUT2D eigenvalue weighted by atomic mass is 9.95. The maximum Gasteiger partial charge on any atom is 0.319 e. The van der Waals surface area contributed by atoms with Crippen molar-refractivity contribution in [1.29, 1.82) is 0 Å². The van der Waals surface area contributed by atoms with Gasteiger partial charge in [0, 0.05) is 55.3 Å². The molecule has 1 N–H and O–H groups in total. The molecule has 13 heteroatoms. The minimum atomic E-state index is -1.20. The summed E-state index contributed by atoms with van der Waals surface area (Å²) in [5.41, 5.74) is -1.14. The molecular weight excluding hydrogens is 616 g/mol. The average Bonchev–Trinajstić information content (AvgIpc) is 3.67. The third kappa shape index (κ3) is 4.77. The van der Waals surface area contributed by atoms with Crippen LogP contribution < -0.4 is 9.64 Å². The number of piperazine rings is 1. The molecule has 47 heavy (non-hydrogen) atoms. The second-order valence-corrected chi connectivity index (χ2v) is 13.1. The van der Waals surface area contributed by atoms with Crippen molar-refractivity contribution >= 4 is 33.4 Å². The molecule has 0 aliphatic carbocycles. The molecule has 2 bridgehead atoms. The van der Waals surface area contributed by atoms with Gasteiger partial charge in [0.05, 0.1) is 10.9 Å². The molecule has 1 amide bonds. The van der Waals surface area contributed by atoms with E-state index in [-0.39, 0.29) is 69.3 Å². The number of benzene rings is 2. The number of hydrogen-bond acceptors (Lipinski definition) is 8. The molecule has 2 aromatic carbocycles. The van der Waals surface area contributed by atoms with Crippen LogP contribution in [0, 0.1) is 17.5 Å². The molecule has 9 nitrogen and oxygen atoms in total. The lowest BCUT2D eigenvalue weighted by Crippen LogP contribution is -2.55. The Hall–Kier alpha value is -4.52. The van der Waals surface area contributed by atoms with Crippen molar-refractivity contribution in [3.05, 3.63) is 60.6 Å². The zero-order valence-electron chi connectivity index (χ0n) is 25.4. The fourth-order valence-electron chi connectivity index (χ4n) is 8.27. The fraction of sp³-hybridized carbons (Fsp3) is 0.412. The minimum Gasteiger partial charge on any atom is -0.508 e. The van der Waals surface area contributed by atoms with Crippen molar-refractivity contribution in [2.75, 3.05) is 37.7 Å². The largest absolute Gasteiger partial charge is 0.508 e. The Morgan fingerprint density at radius 2 is 1.89 bits per heavy atom. The molecule has 0 saturated carbocycles. The molecule has 4 saturated heterocycles. The number of hydrogen-bond donors (Lipinski definition) is 1. The molecule has 4 fully saturated rings. The molecule has 0 unspecified atom stereocenters. The number of amides is 1. The number of carbonyl (C=O) groups excluding carboxylic acids is 1. The maximum absolute atomic E-state index is 16.7. The Labute approximate surface area is 267 Å². The van der Waals surface area contributed by atoms with Crippen LogP contribution in [0.2, 0.25) is 0 Å². The van der Waals surface area contributed by atoms with Gasteiger partial charge < -0.3 is 19.6 Å². The smallest absolute Gasteiger partial charge is 0.319 e. The molecule has 244 valence electrons. The molecular formula is C34H32F4N6O3. The minimum absolute atomic E-state index is 0.104. The van der Waals surface area contributed by atoms with Crippen molar-refractivity contribution in [3.63, 3.8) is 0 Å². The highest BCUT2D eigenvalue weighted by Crippen LogP contribution is 2.42.